The third-order valence-electron chi connectivity index (χ3n) is 2.25. The van der Waals surface area contributed by atoms with Gasteiger partial charge in [0.15, 0.2) is 0 Å². The Morgan fingerprint density at radius 3 is 1.25 bits per heavy atom. The molecular formula is C6H18Si2. The molecule has 0 fully saturated rings. The molecular weight excluding hydrogens is 128 g/mol. The molecule has 0 spiro atoms. The maximum absolute atomic E-state index is 2.47. The third-order valence-corrected chi connectivity index (χ3v) is 11.2. The predicted molar refractivity (Wildman–Crippen MR) is 47.1 cm³/mol. The molecule has 50 valence electrons. The molecule has 2 heteroatoms. The molecule has 0 saturated heterocycles. The Hall–Kier alpha value is 0.434. The van der Waals surface area contributed by atoms with Crippen molar-refractivity contribution in [3.63, 3.8) is 0 Å². The van der Waals surface area contributed by atoms with E-state index in [2.05, 4.69) is 33.9 Å². The van der Waals surface area contributed by atoms with E-state index >= 15 is 0 Å². The minimum Gasteiger partial charge on any atom is -0.0716 e. The average molecular weight is 146 g/mol. The SMILES string of the molecule is CC(C)(C)[Si](C)(C)[SiH3]. The summed E-state index contributed by atoms with van der Waals surface area (Å²) < 4.78 is 0. The van der Waals surface area contributed by atoms with Crippen LogP contribution in [0.5, 0.6) is 0 Å². The van der Waals surface area contributed by atoms with Crippen molar-refractivity contribution in [2.24, 2.45) is 0 Å². The summed E-state index contributed by atoms with van der Waals surface area (Å²) in [5.41, 5.74) is 0. The van der Waals surface area contributed by atoms with E-state index in [-0.39, 0.29) is 0 Å². The van der Waals surface area contributed by atoms with Crippen LogP contribution in [-0.2, 0) is 0 Å². The van der Waals surface area contributed by atoms with E-state index in [1.165, 1.54) is 9.76 Å². The molecule has 0 bridgehead atoms. The molecule has 0 aromatic carbocycles. The fraction of sp³-hybridized carbons (Fsp3) is 1.00. The Morgan fingerprint density at radius 1 is 1.12 bits per heavy atom. The van der Waals surface area contributed by atoms with Gasteiger partial charge in [0.05, 0.1) is 0 Å². The first-order valence-electron chi connectivity index (χ1n) is 3.25. The van der Waals surface area contributed by atoms with Crippen LogP contribution in [0.15, 0.2) is 0 Å². The molecule has 0 aliphatic rings. The van der Waals surface area contributed by atoms with Gasteiger partial charge in [0, 0.05) is 7.59 Å². The van der Waals surface area contributed by atoms with Gasteiger partial charge in [0.1, 0.15) is 0 Å². The largest absolute Gasteiger partial charge is 0.0716 e. The average Bonchev–Trinajstić information content (AvgIpc) is 1.25. The quantitative estimate of drug-likeness (QED) is 0.453. The zero-order chi connectivity index (χ0) is 7.00. The van der Waals surface area contributed by atoms with Gasteiger partial charge in [-0.25, -0.2) is 0 Å². The van der Waals surface area contributed by atoms with Gasteiger partial charge >= 0.3 is 0 Å². The van der Waals surface area contributed by atoms with Gasteiger partial charge in [-0.15, -0.1) is 0 Å². The zero-order valence-corrected chi connectivity index (χ0v) is 10.0. The summed E-state index contributed by atoms with van der Waals surface area (Å²) in [6.07, 6.45) is 0. The van der Waals surface area contributed by atoms with Crippen molar-refractivity contribution >= 4 is 17.4 Å². The van der Waals surface area contributed by atoms with Crippen LogP contribution in [0.2, 0.25) is 18.1 Å². The highest BCUT2D eigenvalue weighted by atomic mass is 29.2. The first kappa shape index (κ1) is 8.43. The van der Waals surface area contributed by atoms with Crippen molar-refractivity contribution in [2.75, 3.05) is 0 Å². The lowest BCUT2D eigenvalue weighted by molar-refractivity contribution is 0.735. The summed E-state index contributed by atoms with van der Waals surface area (Å²) in [6.45, 7) is 12.0. The highest BCUT2D eigenvalue weighted by molar-refractivity contribution is 7.17. The molecule has 0 rings (SSSR count). The van der Waals surface area contributed by atoms with Crippen LogP contribution in [0.1, 0.15) is 20.8 Å². The van der Waals surface area contributed by atoms with Crippen LogP contribution in [0.3, 0.4) is 0 Å². The Kier molecular flexibility index (Phi) is 2.10. The maximum Gasteiger partial charge on any atom is 0.0356 e. The molecule has 0 aromatic heterocycles. The topological polar surface area (TPSA) is 0 Å². The fourth-order valence-corrected chi connectivity index (χ4v) is 0. The van der Waals surface area contributed by atoms with Gasteiger partial charge in [0.25, 0.3) is 0 Å². The summed E-state index contributed by atoms with van der Waals surface area (Å²) in [4.78, 5) is 0. The number of rotatable bonds is 0. The number of hydrogen-bond acceptors (Lipinski definition) is 0. The molecule has 0 unspecified atom stereocenters. The molecule has 0 nitrogen and oxygen atoms in total. The fourth-order valence-electron chi connectivity index (χ4n) is 0. The Balaban J connectivity index is 4.02. The van der Waals surface area contributed by atoms with E-state index in [0.29, 0.717) is 5.04 Å². The summed E-state index contributed by atoms with van der Waals surface area (Å²) in [7, 11) is 0.706. The van der Waals surface area contributed by atoms with Crippen LogP contribution in [0.25, 0.3) is 0 Å². The molecule has 0 N–H and O–H groups in total. The lowest BCUT2D eigenvalue weighted by Gasteiger charge is -2.33. The van der Waals surface area contributed by atoms with Gasteiger partial charge in [-0.3, -0.25) is 0 Å². The highest BCUT2D eigenvalue weighted by Gasteiger charge is 2.28. The van der Waals surface area contributed by atoms with Crippen molar-refractivity contribution in [1.82, 2.24) is 0 Å². The van der Waals surface area contributed by atoms with Gasteiger partial charge < -0.3 is 0 Å². The van der Waals surface area contributed by atoms with E-state index in [4.69, 9.17) is 0 Å². The van der Waals surface area contributed by atoms with Crippen LogP contribution < -0.4 is 0 Å². The minimum absolute atomic E-state index is 0.638. The second-order valence-electron chi connectivity index (χ2n) is 4.50. The van der Waals surface area contributed by atoms with Crippen molar-refractivity contribution in [3.05, 3.63) is 0 Å². The molecule has 0 aliphatic heterocycles. The lowest BCUT2D eigenvalue weighted by Crippen LogP contribution is -2.37. The summed E-state index contributed by atoms with van der Waals surface area (Å²) in [5.74, 6) is 0. The molecule has 0 radical (unpaired) electrons. The monoisotopic (exact) mass is 146 g/mol. The molecule has 8 heavy (non-hydrogen) atoms. The van der Waals surface area contributed by atoms with Crippen molar-refractivity contribution in [2.45, 2.75) is 38.9 Å². The van der Waals surface area contributed by atoms with Crippen LogP contribution >= 0.6 is 0 Å². The molecule has 0 heterocycles. The Labute approximate surface area is 56.9 Å². The summed E-state index contributed by atoms with van der Waals surface area (Å²) in [5, 5.41) is 0.638. The molecule has 0 atom stereocenters. The molecule has 0 amide bonds. The molecule has 0 aliphatic carbocycles. The van der Waals surface area contributed by atoms with E-state index in [1.54, 1.807) is 0 Å². The second kappa shape index (κ2) is 1.99. The second-order valence-corrected chi connectivity index (χ2v) is 18.0. The van der Waals surface area contributed by atoms with Gasteiger partial charge in [-0.1, -0.05) is 33.9 Å². The van der Waals surface area contributed by atoms with E-state index in [0.717, 1.165) is 0 Å². The lowest BCUT2D eigenvalue weighted by atomic mass is 10.2. The third kappa shape index (κ3) is 2.13. The van der Waals surface area contributed by atoms with Crippen molar-refractivity contribution in [1.29, 1.82) is 0 Å². The summed E-state index contributed by atoms with van der Waals surface area (Å²) in [6, 6.07) is 0. The van der Waals surface area contributed by atoms with E-state index < -0.39 is 7.59 Å². The van der Waals surface area contributed by atoms with Crippen molar-refractivity contribution in [3.8, 4) is 0 Å². The first-order chi connectivity index (χ1) is 3.25. The van der Waals surface area contributed by atoms with Gasteiger partial charge in [-0.05, 0) is 14.8 Å². The standard InChI is InChI=1S/C6H18Si2/c1-6(2,3)8(4,5)7/h1-5,7H3. The molecule has 0 aromatic rings. The highest BCUT2D eigenvalue weighted by Crippen LogP contribution is 2.32. The van der Waals surface area contributed by atoms with Crippen LogP contribution in [-0.4, -0.2) is 17.4 Å². The number of hydrogen-bond donors (Lipinski definition) is 0. The first-order valence-corrected chi connectivity index (χ1v) is 9.75. The predicted octanol–water partition coefficient (Wildman–Crippen LogP) is 1.36. The van der Waals surface area contributed by atoms with E-state index in [9.17, 15) is 0 Å². The van der Waals surface area contributed by atoms with Crippen molar-refractivity contribution < 1.29 is 0 Å². The smallest absolute Gasteiger partial charge is 0.0356 e. The molecule has 0 saturated carbocycles. The van der Waals surface area contributed by atoms with E-state index in [1.807, 2.05) is 0 Å². The van der Waals surface area contributed by atoms with Crippen LogP contribution in [0.4, 0.5) is 0 Å². The van der Waals surface area contributed by atoms with Gasteiger partial charge in [0.2, 0.25) is 0 Å². The van der Waals surface area contributed by atoms with Gasteiger partial charge in [-0.2, -0.15) is 0 Å². The zero-order valence-electron chi connectivity index (χ0n) is 7.00. The van der Waals surface area contributed by atoms with Crippen LogP contribution in [0, 0.1) is 0 Å². The Morgan fingerprint density at radius 2 is 1.25 bits per heavy atom. The minimum atomic E-state index is -0.720. The summed E-state index contributed by atoms with van der Waals surface area (Å²) >= 11 is 0. The Bertz CT molecular complexity index is 61.5. The normalized spacial score (nSPS) is 14.6. The maximum atomic E-state index is 2.47.